The van der Waals surface area contributed by atoms with E-state index in [1.165, 1.54) is 30.6 Å². The molecule has 0 bridgehead atoms. The van der Waals surface area contributed by atoms with Gasteiger partial charge in [0.2, 0.25) is 5.88 Å². The molecule has 3 aromatic carbocycles. The molecule has 228 valence electrons. The third kappa shape index (κ3) is 5.54. The zero-order valence-corrected chi connectivity index (χ0v) is 24.3. The van der Waals surface area contributed by atoms with Crippen LogP contribution in [0.5, 0.6) is 5.88 Å². The fourth-order valence-electron chi connectivity index (χ4n) is 5.53. The first-order chi connectivity index (χ1) is 22.3. The monoisotopic (exact) mass is 617 g/mol. The van der Waals surface area contributed by atoms with Crippen molar-refractivity contribution in [1.82, 2.24) is 29.3 Å². The maximum absolute atomic E-state index is 15.7. The van der Waals surface area contributed by atoms with Crippen LogP contribution in [-0.4, -0.2) is 40.4 Å². The largest absolute Gasteiger partial charge is 0.478 e. The molecule has 1 saturated carbocycles. The lowest BCUT2D eigenvalue weighted by atomic mass is 10.1. The summed E-state index contributed by atoms with van der Waals surface area (Å²) in [5, 5.41) is 22.9. The summed E-state index contributed by atoms with van der Waals surface area (Å²) in [5.74, 6) is -1.21. The first kappa shape index (κ1) is 28.8. The lowest BCUT2D eigenvalue weighted by Gasteiger charge is -2.19. The van der Waals surface area contributed by atoms with Crippen molar-refractivity contribution < 1.29 is 23.4 Å². The summed E-state index contributed by atoms with van der Waals surface area (Å²) in [6, 6.07) is 20.7. The molecule has 12 heteroatoms. The Bertz CT molecular complexity index is 2150. The molecular formula is C34H25F2N7O3. The molecule has 0 spiro atoms. The highest BCUT2D eigenvalue weighted by Crippen LogP contribution is 2.45. The second-order valence-corrected chi connectivity index (χ2v) is 11.2. The Morgan fingerprint density at radius 3 is 2.54 bits per heavy atom. The summed E-state index contributed by atoms with van der Waals surface area (Å²) < 4.78 is 39.4. The first-order valence-corrected chi connectivity index (χ1v) is 14.5. The lowest BCUT2D eigenvalue weighted by Crippen LogP contribution is -2.25. The smallest absolute Gasteiger partial charge is 0.335 e. The van der Waals surface area contributed by atoms with Gasteiger partial charge in [-0.05, 0) is 60.9 Å². The average molecular weight is 618 g/mol. The number of nitrogens with zero attached hydrogens (tertiary/aromatic N) is 7. The third-order valence-corrected chi connectivity index (χ3v) is 8.24. The van der Waals surface area contributed by atoms with Crippen LogP contribution < -0.4 is 4.74 Å². The van der Waals surface area contributed by atoms with Crippen molar-refractivity contribution >= 4 is 17.0 Å². The molecule has 1 aliphatic carbocycles. The molecule has 0 saturated heterocycles. The van der Waals surface area contributed by atoms with Crippen molar-refractivity contribution in [1.29, 1.82) is 5.26 Å². The molecule has 1 aliphatic rings. The summed E-state index contributed by atoms with van der Waals surface area (Å²) >= 11 is 0. The van der Waals surface area contributed by atoms with Gasteiger partial charge in [-0.1, -0.05) is 24.3 Å². The molecule has 0 radical (unpaired) electrons. The van der Waals surface area contributed by atoms with E-state index in [2.05, 4.69) is 15.1 Å². The second kappa shape index (κ2) is 11.5. The topological polar surface area (TPSA) is 132 Å². The van der Waals surface area contributed by atoms with E-state index in [-0.39, 0.29) is 41.1 Å². The summed E-state index contributed by atoms with van der Waals surface area (Å²) in [6.07, 6.45) is 5.07. The fraction of sp³-hybridized carbons (Fsp3) is 0.176. The van der Waals surface area contributed by atoms with Crippen LogP contribution in [-0.2, 0) is 25.1 Å². The van der Waals surface area contributed by atoms with Crippen molar-refractivity contribution in [3.05, 3.63) is 125 Å². The molecule has 46 heavy (non-hydrogen) atoms. The standard InChI is InChI=1S/C34H25F2N7O3/c35-26-12-21(16-37)4-5-25(26)17-46-32-3-1-2-28(41-32)23-7-6-22(27(36)13-23)15-31-40-29-9-8-24(33(44)45)14-30(29)42(31)18-34(10-11-34)43-20-38-19-39-43/h1-9,12-14,19-20H,10-11,15,17-18H2,(H,44,45). The Labute approximate surface area is 261 Å². The van der Waals surface area contributed by atoms with Crippen molar-refractivity contribution in [3.63, 3.8) is 0 Å². The zero-order valence-electron chi connectivity index (χ0n) is 24.3. The number of rotatable bonds is 10. The van der Waals surface area contributed by atoms with E-state index < -0.39 is 17.6 Å². The number of carbonyl (C=O) groups is 1. The maximum Gasteiger partial charge on any atom is 0.335 e. The van der Waals surface area contributed by atoms with Gasteiger partial charge in [0.25, 0.3) is 0 Å². The van der Waals surface area contributed by atoms with Crippen molar-refractivity contribution in [2.24, 2.45) is 0 Å². The van der Waals surface area contributed by atoms with Crippen LogP contribution in [0.3, 0.4) is 0 Å². The van der Waals surface area contributed by atoms with Gasteiger partial charge in [0.1, 0.15) is 36.7 Å². The molecule has 3 heterocycles. The van der Waals surface area contributed by atoms with Gasteiger partial charge in [-0.25, -0.2) is 33.2 Å². The molecule has 0 atom stereocenters. The maximum atomic E-state index is 15.7. The molecule has 0 unspecified atom stereocenters. The van der Waals surface area contributed by atoms with Crippen molar-refractivity contribution in [2.75, 3.05) is 0 Å². The highest BCUT2D eigenvalue weighted by Gasteiger charge is 2.46. The van der Waals surface area contributed by atoms with Gasteiger partial charge < -0.3 is 14.4 Å². The fourth-order valence-corrected chi connectivity index (χ4v) is 5.53. The SMILES string of the molecule is N#Cc1ccc(COc2cccc(-c3ccc(Cc4nc5ccc(C(=O)O)cc5n4CC4(n5cncn5)CC4)c(F)c3)n2)c(F)c1. The Morgan fingerprint density at radius 2 is 1.83 bits per heavy atom. The zero-order chi connectivity index (χ0) is 31.8. The minimum atomic E-state index is -1.04. The molecule has 10 nitrogen and oxygen atoms in total. The Kier molecular flexibility index (Phi) is 7.21. The van der Waals surface area contributed by atoms with Crippen LogP contribution in [0.4, 0.5) is 8.78 Å². The minimum Gasteiger partial charge on any atom is -0.478 e. The van der Waals surface area contributed by atoms with Gasteiger partial charge in [0.15, 0.2) is 0 Å². The quantitative estimate of drug-likeness (QED) is 0.201. The van der Waals surface area contributed by atoms with Crippen molar-refractivity contribution in [3.8, 4) is 23.2 Å². The number of hydrogen-bond donors (Lipinski definition) is 1. The van der Waals surface area contributed by atoms with Gasteiger partial charge in [-0.15, -0.1) is 0 Å². The Hall–Kier alpha value is -5.96. The van der Waals surface area contributed by atoms with Gasteiger partial charge in [-0.2, -0.15) is 10.4 Å². The van der Waals surface area contributed by atoms with E-state index in [9.17, 15) is 14.3 Å². The number of ether oxygens (including phenoxy) is 1. The van der Waals surface area contributed by atoms with Crippen LogP contribution in [0.25, 0.3) is 22.3 Å². The number of pyridine rings is 1. The molecule has 1 N–H and O–H groups in total. The van der Waals surface area contributed by atoms with Crippen LogP contribution in [0.15, 0.2) is 85.5 Å². The summed E-state index contributed by atoms with van der Waals surface area (Å²) in [7, 11) is 0. The van der Waals surface area contributed by atoms with Crippen LogP contribution >= 0.6 is 0 Å². The second-order valence-electron chi connectivity index (χ2n) is 11.2. The van der Waals surface area contributed by atoms with Gasteiger partial charge in [0, 0.05) is 30.2 Å². The van der Waals surface area contributed by atoms with Crippen LogP contribution in [0.1, 0.15) is 45.7 Å². The molecule has 1 fully saturated rings. The van der Waals surface area contributed by atoms with E-state index in [1.807, 2.05) is 15.3 Å². The molecule has 0 amide bonds. The van der Waals surface area contributed by atoms with Gasteiger partial charge in [0.05, 0.1) is 39.5 Å². The molecule has 3 aromatic heterocycles. The van der Waals surface area contributed by atoms with Crippen LogP contribution in [0.2, 0.25) is 0 Å². The third-order valence-electron chi connectivity index (χ3n) is 8.24. The lowest BCUT2D eigenvalue weighted by molar-refractivity contribution is 0.0697. The van der Waals surface area contributed by atoms with Crippen LogP contribution in [0, 0.1) is 23.0 Å². The van der Waals surface area contributed by atoms with Gasteiger partial charge >= 0.3 is 5.97 Å². The summed E-state index contributed by atoms with van der Waals surface area (Å²) in [6.45, 7) is 0.391. The number of nitriles is 1. The number of halogens is 2. The first-order valence-electron chi connectivity index (χ1n) is 14.5. The van der Waals surface area contributed by atoms with E-state index >= 15 is 4.39 Å². The number of hydrogen-bond acceptors (Lipinski definition) is 7. The molecule has 7 rings (SSSR count). The van der Waals surface area contributed by atoms with E-state index in [0.717, 1.165) is 18.9 Å². The molecule has 0 aliphatic heterocycles. The number of benzene rings is 3. The minimum absolute atomic E-state index is 0.0888. The summed E-state index contributed by atoms with van der Waals surface area (Å²) in [4.78, 5) is 25.1. The summed E-state index contributed by atoms with van der Waals surface area (Å²) in [5.41, 5.74) is 3.00. The number of carboxylic acids is 1. The number of fused-ring (bicyclic) bond motifs is 1. The highest BCUT2D eigenvalue weighted by molar-refractivity contribution is 5.92. The number of aromatic nitrogens is 6. The number of carboxylic acid groups (broad SMARTS) is 1. The number of aromatic carboxylic acids is 1. The highest BCUT2D eigenvalue weighted by atomic mass is 19.1. The molecule has 6 aromatic rings. The Balaban J connectivity index is 1.15. The predicted octanol–water partition coefficient (Wildman–Crippen LogP) is 5.90. The Morgan fingerprint density at radius 1 is 1.00 bits per heavy atom. The molecular weight excluding hydrogens is 592 g/mol. The number of imidazole rings is 1. The van der Waals surface area contributed by atoms with Gasteiger partial charge in [-0.3, -0.25) is 0 Å². The van der Waals surface area contributed by atoms with E-state index in [4.69, 9.17) is 15.0 Å². The average Bonchev–Trinajstić information content (AvgIpc) is 3.46. The van der Waals surface area contributed by atoms with Crippen molar-refractivity contribution in [2.45, 2.75) is 38.0 Å². The van der Waals surface area contributed by atoms with E-state index in [1.54, 1.807) is 48.8 Å². The normalized spacial score (nSPS) is 13.4. The predicted molar refractivity (Wildman–Crippen MR) is 162 cm³/mol. The van der Waals surface area contributed by atoms with E-state index in [0.29, 0.717) is 40.2 Å².